The summed E-state index contributed by atoms with van der Waals surface area (Å²) in [6.45, 7) is 2.63. The summed E-state index contributed by atoms with van der Waals surface area (Å²) in [4.78, 5) is 28.6. The summed E-state index contributed by atoms with van der Waals surface area (Å²) in [7, 11) is -4.15. The number of anilines is 1. The number of nitrogens with zero attached hydrogens (tertiary/aromatic N) is 3. The Morgan fingerprint density at radius 1 is 0.923 bits per heavy atom. The van der Waals surface area contributed by atoms with Gasteiger partial charge in [0.1, 0.15) is 5.92 Å². The van der Waals surface area contributed by atoms with Crippen molar-refractivity contribution in [2.24, 2.45) is 5.92 Å². The molecule has 0 aliphatic heterocycles. The first-order chi connectivity index (χ1) is 18.8. The topological polar surface area (TPSA) is 101 Å². The summed E-state index contributed by atoms with van der Waals surface area (Å²) >= 11 is 0. The molecule has 0 saturated carbocycles. The van der Waals surface area contributed by atoms with E-state index in [1.807, 2.05) is 42.5 Å². The van der Waals surface area contributed by atoms with Gasteiger partial charge < -0.3 is 4.90 Å². The van der Waals surface area contributed by atoms with E-state index in [-0.39, 0.29) is 6.42 Å². The van der Waals surface area contributed by atoms with Gasteiger partial charge in [0.15, 0.2) is 0 Å². The van der Waals surface area contributed by atoms with Crippen LogP contribution in [0.15, 0.2) is 109 Å². The summed E-state index contributed by atoms with van der Waals surface area (Å²) in [5.74, 6) is -2.69. The first-order valence-corrected chi connectivity index (χ1v) is 14.1. The van der Waals surface area contributed by atoms with E-state index < -0.39 is 27.8 Å². The van der Waals surface area contributed by atoms with E-state index in [2.05, 4.69) is 9.82 Å². The van der Waals surface area contributed by atoms with Crippen LogP contribution < -0.4 is 9.62 Å². The quantitative estimate of drug-likeness (QED) is 0.286. The SMILES string of the molecule is CCN(C(=O)C(Cc1cnn(Cc2ccccc2)c1)C(=O)NS(=O)(=O)C=Cc1ccccc1)c1ccccc1. The molecule has 4 rings (SSSR count). The third-order valence-corrected chi connectivity index (χ3v) is 7.04. The first kappa shape index (κ1) is 27.5. The van der Waals surface area contributed by atoms with Crippen molar-refractivity contribution in [1.82, 2.24) is 14.5 Å². The van der Waals surface area contributed by atoms with E-state index in [9.17, 15) is 18.0 Å². The minimum absolute atomic E-state index is 0.0132. The smallest absolute Gasteiger partial charge is 0.257 e. The zero-order chi connectivity index (χ0) is 27.7. The molecule has 0 aliphatic carbocycles. The molecule has 2 amide bonds. The Hall–Kier alpha value is -4.50. The molecule has 200 valence electrons. The largest absolute Gasteiger partial charge is 0.312 e. The maximum absolute atomic E-state index is 13.7. The van der Waals surface area contributed by atoms with Crippen LogP contribution in [-0.2, 0) is 32.6 Å². The van der Waals surface area contributed by atoms with Crippen LogP contribution >= 0.6 is 0 Å². The van der Waals surface area contributed by atoms with Crippen LogP contribution in [0.5, 0.6) is 0 Å². The molecule has 0 fully saturated rings. The molecule has 0 aliphatic rings. The molecular weight excluding hydrogens is 512 g/mol. The molecule has 8 nitrogen and oxygen atoms in total. The number of benzene rings is 3. The molecule has 1 aromatic heterocycles. The van der Waals surface area contributed by atoms with E-state index in [0.29, 0.717) is 29.9 Å². The number of nitrogens with one attached hydrogen (secondary N) is 1. The molecule has 0 radical (unpaired) electrons. The summed E-state index contributed by atoms with van der Waals surface area (Å²) < 4.78 is 29.3. The average molecular weight is 543 g/mol. The molecule has 4 aromatic rings. The van der Waals surface area contributed by atoms with Crippen LogP contribution in [0.3, 0.4) is 0 Å². The van der Waals surface area contributed by atoms with Crippen molar-refractivity contribution in [3.8, 4) is 0 Å². The fourth-order valence-electron chi connectivity index (χ4n) is 4.14. The summed E-state index contributed by atoms with van der Waals surface area (Å²) in [6.07, 6.45) is 4.74. The Kier molecular flexibility index (Phi) is 9.06. The number of rotatable bonds is 11. The van der Waals surface area contributed by atoms with E-state index in [0.717, 1.165) is 11.0 Å². The van der Waals surface area contributed by atoms with Gasteiger partial charge in [-0.05, 0) is 48.2 Å². The number of para-hydroxylation sites is 1. The fraction of sp³-hybridized carbons (Fsp3) is 0.167. The Bertz CT molecular complexity index is 1520. The van der Waals surface area contributed by atoms with Gasteiger partial charge >= 0.3 is 0 Å². The van der Waals surface area contributed by atoms with Crippen LogP contribution in [0.2, 0.25) is 0 Å². The lowest BCUT2D eigenvalue weighted by Crippen LogP contribution is -2.46. The predicted octanol–water partition coefficient (Wildman–Crippen LogP) is 4.26. The highest BCUT2D eigenvalue weighted by molar-refractivity contribution is 7.93. The van der Waals surface area contributed by atoms with Crippen LogP contribution in [-0.4, -0.2) is 36.6 Å². The van der Waals surface area contributed by atoms with Crippen molar-refractivity contribution < 1.29 is 18.0 Å². The van der Waals surface area contributed by atoms with E-state index in [4.69, 9.17) is 0 Å². The molecule has 1 atom stereocenters. The third kappa shape index (κ3) is 7.75. The van der Waals surface area contributed by atoms with Crippen molar-refractivity contribution in [3.05, 3.63) is 125 Å². The van der Waals surface area contributed by atoms with Gasteiger partial charge in [-0.2, -0.15) is 5.10 Å². The fourth-order valence-corrected chi connectivity index (χ4v) is 4.96. The van der Waals surface area contributed by atoms with E-state index >= 15 is 0 Å². The lowest BCUT2D eigenvalue weighted by molar-refractivity contribution is -0.132. The Balaban J connectivity index is 1.57. The highest BCUT2D eigenvalue weighted by Crippen LogP contribution is 2.20. The van der Waals surface area contributed by atoms with Crippen LogP contribution in [0, 0.1) is 5.92 Å². The molecule has 3 aromatic carbocycles. The third-order valence-electron chi connectivity index (χ3n) is 6.06. The number of carbonyl (C=O) groups excluding carboxylic acids is 2. The number of hydrogen-bond donors (Lipinski definition) is 1. The van der Waals surface area contributed by atoms with Gasteiger partial charge in [-0.3, -0.25) is 14.3 Å². The minimum Gasteiger partial charge on any atom is -0.312 e. The normalized spacial score (nSPS) is 12.2. The predicted molar refractivity (Wildman–Crippen MR) is 152 cm³/mol. The molecule has 0 bridgehead atoms. The highest BCUT2D eigenvalue weighted by Gasteiger charge is 2.33. The number of amides is 2. The Labute approximate surface area is 228 Å². The van der Waals surface area contributed by atoms with Gasteiger partial charge in [-0.15, -0.1) is 0 Å². The maximum Gasteiger partial charge on any atom is 0.257 e. The summed E-state index contributed by atoms with van der Waals surface area (Å²) in [5.41, 5.74) is 2.97. The van der Waals surface area contributed by atoms with Gasteiger partial charge in [-0.25, -0.2) is 13.1 Å². The number of aromatic nitrogens is 2. The van der Waals surface area contributed by atoms with Crippen LogP contribution in [0.4, 0.5) is 5.69 Å². The van der Waals surface area contributed by atoms with E-state index in [1.165, 1.54) is 11.0 Å². The Morgan fingerprint density at radius 2 is 1.54 bits per heavy atom. The van der Waals surface area contributed by atoms with Gasteiger partial charge in [-0.1, -0.05) is 78.9 Å². The van der Waals surface area contributed by atoms with E-state index in [1.54, 1.807) is 72.5 Å². The van der Waals surface area contributed by atoms with Crippen LogP contribution in [0.25, 0.3) is 6.08 Å². The zero-order valence-electron chi connectivity index (χ0n) is 21.6. The van der Waals surface area contributed by atoms with Crippen LogP contribution in [0.1, 0.15) is 23.6 Å². The number of carbonyl (C=O) groups is 2. The second kappa shape index (κ2) is 12.8. The highest BCUT2D eigenvalue weighted by atomic mass is 32.2. The number of hydrogen-bond acceptors (Lipinski definition) is 5. The van der Waals surface area contributed by atoms with Gasteiger partial charge in [0.25, 0.3) is 10.0 Å². The molecule has 9 heteroatoms. The van der Waals surface area contributed by atoms with Gasteiger partial charge in [0.2, 0.25) is 11.8 Å². The lowest BCUT2D eigenvalue weighted by Gasteiger charge is -2.25. The second-order valence-corrected chi connectivity index (χ2v) is 10.5. The van der Waals surface area contributed by atoms with Crippen molar-refractivity contribution in [2.75, 3.05) is 11.4 Å². The average Bonchev–Trinajstić information content (AvgIpc) is 3.39. The molecule has 39 heavy (non-hydrogen) atoms. The number of sulfonamides is 1. The lowest BCUT2D eigenvalue weighted by atomic mass is 9.99. The maximum atomic E-state index is 13.7. The van der Waals surface area contributed by atoms with Crippen molar-refractivity contribution in [2.45, 2.75) is 19.9 Å². The molecule has 0 spiro atoms. The second-order valence-electron chi connectivity index (χ2n) is 8.93. The molecule has 0 saturated heterocycles. The zero-order valence-corrected chi connectivity index (χ0v) is 22.4. The monoisotopic (exact) mass is 542 g/mol. The molecular formula is C30H30N4O4S. The summed E-state index contributed by atoms with van der Waals surface area (Å²) in [6, 6.07) is 27.6. The summed E-state index contributed by atoms with van der Waals surface area (Å²) in [5, 5.41) is 5.30. The van der Waals surface area contributed by atoms with Crippen molar-refractivity contribution in [3.63, 3.8) is 0 Å². The molecule has 1 N–H and O–H groups in total. The van der Waals surface area contributed by atoms with Gasteiger partial charge in [0.05, 0.1) is 18.1 Å². The minimum atomic E-state index is -4.15. The molecule has 1 unspecified atom stereocenters. The first-order valence-electron chi connectivity index (χ1n) is 12.6. The van der Waals surface area contributed by atoms with Crippen molar-refractivity contribution >= 4 is 33.6 Å². The standard InChI is InChI=1S/C30H30N4O4S/c1-2-34(27-16-10-5-11-17-27)30(36)28(20-26-21-31-33(23-26)22-25-14-8-4-9-15-25)29(35)32-39(37,38)19-18-24-12-6-3-7-13-24/h3-19,21,23,28H,2,20,22H2,1H3,(H,32,35). The molecule has 1 heterocycles. The van der Waals surface area contributed by atoms with Gasteiger partial charge in [0, 0.05) is 18.4 Å². The Morgan fingerprint density at radius 3 is 2.18 bits per heavy atom. The van der Waals surface area contributed by atoms with Crippen molar-refractivity contribution in [1.29, 1.82) is 0 Å².